The Bertz CT molecular complexity index is 1300. The molecule has 2 aromatic carbocycles. The predicted octanol–water partition coefficient (Wildman–Crippen LogP) is 4.09. The van der Waals surface area contributed by atoms with Gasteiger partial charge in [-0.25, -0.2) is 8.42 Å². The van der Waals surface area contributed by atoms with Crippen LogP contribution in [-0.2, 0) is 22.9 Å². The number of para-hydroxylation sites is 1. The van der Waals surface area contributed by atoms with Gasteiger partial charge in [-0.1, -0.05) is 29.8 Å². The number of carbonyl (C=O) groups is 2. The normalized spacial score (nSPS) is 13.3. The van der Waals surface area contributed by atoms with Gasteiger partial charge in [0.05, 0.1) is 21.7 Å². The lowest BCUT2D eigenvalue weighted by Gasteiger charge is -2.13. The van der Waals surface area contributed by atoms with Crippen LogP contribution in [0.25, 0.3) is 0 Å². The molecule has 0 atom stereocenters. The zero-order valence-corrected chi connectivity index (χ0v) is 19.1. The number of nitrogens with two attached hydrogens (primary N) is 1. The molecule has 3 aromatic rings. The summed E-state index contributed by atoms with van der Waals surface area (Å²) in [5.41, 5.74) is 8.11. The van der Waals surface area contributed by atoms with E-state index < -0.39 is 21.8 Å². The maximum absolute atomic E-state index is 13.1. The number of aryl methyl sites for hydroxylation is 2. The first kappa shape index (κ1) is 22.0. The molecular weight excluding hydrogens is 446 g/mol. The van der Waals surface area contributed by atoms with Gasteiger partial charge in [0.2, 0.25) is 0 Å². The highest BCUT2D eigenvalue weighted by molar-refractivity contribution is 7.92. The van der Waals surface area contributed by atoms with E-state index in [-0.39, 0.29) is 16.1 Å². The third-order valence-corrected chi connectivity index (χ3v) is 7.98. The Morgan fingerprint density at radius 1 is 1.00 bits per heavy atom. The molecule has 2 amide bonds. The molecule has 4 N–H and O–H groups in total. The number of anilines is 2. The minimum Gasteiger partial charge on any atom is -0.365 e. The third kappa shape index (κ3) is 4.39. The molecule has 0 unspecified atom stereocenters. The van der Waals surface area contributed by atoms with E-state index in [0.29, 0.717) is 10.6 Å². The Labute approximate surface area is 190 Å². The number of hydrogen-bond donors (Lipinski definition) is 3. The summed E-state index contributed by atoms with van der Waals surface area (Å²) >= 11 is 1.36. The molecule has 1 aliphatic carbocycles. The molecule has 0 saturated carbocycles. The lowest BCUT2D eigenvalue weighted by Crippen LogP contribution is -2.20. The van der Waals surface area contributed by atoms with E-state index in [1.807, 2.05) is 6.92 Å². The van der Waals surface area contributed by atoms with Crippen LogP contribution in [0.3, 0.4) is 0 Å². The van der Waals surface area contributed by atoms with E-state index in [2.05, 4.69) is 10.0 Å². The number of benzene rings is 2. The molecule has 0 aliphatic heterocycles. The second kappa shape index (κ2) is 8.76. The molecule has 32 heavy (non-hydrogen) atoms. The molecule has 0 bridgehead atoms. The van der Waals surface area contributed by atoms with Crippen molar-refractivity contribution < 1.29 is 18.0 Å². The van der Waals surface area contributed by atoms with Crippen LogP contribution in [0.4, 0.5) is 10.7 Å². The number of primary amides is 1. The van der Waals surface area contributed by atoms with E-state index in [1.165, 1.54) is 35.6 Å². The number of sulfonamides is 1. The fourth-order valence-electron chi connectivity index (χ4n) is 3.78. The fourth-order valence-corrected chi connectivity index (χ4v) is 6.15. The number of rotatable bonds is 6. The summed E-state index contributed by atoms with van der Waals surface area (Å²) in [6, 6.07) is 12.8. The van der Waals surface area contributed by atoms with Crippen LogP contribution in [0, 0.1) is 6.92 Å². The van der Waals surface area contributed by atoms with Crippen LogP contribution in [0.1, 0.15) is 49.6 Å². The average molecular weight is 470 g/mol. The Morgan fingerprint density at radius 3 is 2.41 bits per heavy atom. The van der Waals surface area contributed by atoms with E-state index >= 15 is 0 Å². The Hall–Kier alpha value is -3.17. The van der Waals surface area contributed by atoms with Crippen LogP contribution in [0.15, 0.2) is 53.4 Å². The SMILES string of the molecule is Cc1ccc(S(=O)(=O)Nc2ccccc2C(=O)Nc2sc3c(c2C(N)=O)CCCC3)cc1. The van der Waals surface area contributed by atoms with Crippen molar-refractivity contribution in [3.05, 3.63) is 75.7 Å². The Morgan fingerprint density at radius 2 is 1.69 bits per heavy atom. The lowest BCUT2D eigenvalue weighted by molar-refractivity contribution is 0.100. The second-order valence-electron chi connectivity index (χ2n) is 7.70. The molecule has 1 heterocycles. The first-order valence-corrected chi connectivity index (χ1v) is 12.5. The van der Waals surface area contributed by atoms with Crippen LogP contribution < -0.4 is 15.8 Å². The van der Waals surface area contributed by atoms with Crippen molar-refractivity contribution in [3.63, 3.8) is 0 Å². The van der Waals surface area contributed by atoms with Crippen molar-refractivity contribution in [2.24, 2.45) is 5.73 Å². The van der Waals surface area contributed by atoms with Gasteiger partial charge in [-0.2, -0.15) is 0 Å². The first-order chi connectivity index (χ1) is 15.3. The summed E-state index contributed by atoms with van der Waals surface area (Å²) < 4.78 is 28.1. The summed E-state index contributed by atoms with van der Waals surface area (Å²) in [6.45, 7) is 1.87. The molecule has 0 radical (unpaired) electrons. The molecular formula is C23H23N3O4S2. The summed E-state index contributed by atoms with van der Waals surface area (Å²) in [5, 5.41) is 3.19. The van der Waals surface area contributed by atoms with Gasteiger partial charge in [0.1, 0.15) is 5.00 Å². The summed E-state index contributed by atoms with van der Waals surface area (Å²) in [4.78, 5) is 26.4. The van der Waals surface area contributed by atoms with Gasteiger partial charge in [-0.05, 0) is 62.4 Å². The number of nitrogens with one attached hydrogen (secondary N) is 2. The topological polar surface area (TPSA) is 118 Å². The highest BCUT2D eigenvalue weighted by Crippen LogP contribution is 2.38. The predicted molar refractivity (Wildman–Crippen MR) is 126 cm³/mol. The summed E-state index contributed by atoms with van der Waals surface area (Å²) in [5.74, 6) is -1.10. The quantitative estimate of drug-likeness (QED) is 0.504. The van der Waals surface area contributed by atoms with Crippen LogP contribution in [-0.4, -0.2) is 20.2 Å². The standard InChI is InChI=1S/C23H23N3O4S2/c1-14-10-12-15(13-11-14)32(29,30)26-18-8-4-2-6-16(18)22(28)25-23-20(21(24)27)17-7-3-5-9-19(17)31-23/h2,4,6,8,10-13,26H,3,5,7,9H2,1H3,(H2,24,27)(H,25,28). The van der Waals surface area contributed by atoms with Crippen molar-refractivity contribution in [1.29, 1.82) is 0 Å². The largest absolute Gasteiger partial charge is 0.365 e. The molecule has 4 rings (SSSR count). The maximum Gasteiger partial charge on any atom is 0.261 e. The monoisotopic (exact) mass is 469 g/mol. The zero-order chi connectivity index (χ0) is 22.9. The molecule has 1 aromatic heterocycles. The minimum absolute atomic E-state index is 0.0975. The van der Waals surface area contributed by atoms with Crippen molar-refractivity contribution >= 4 is 43.9 Å². The van der Waals surface area contributed by atoms with Gasteiger partial charge in [0.25, 0.3) is 21.8 Å². The highest BCUT2D eigenvalue weighted by atomic mass is 32.2. The van der Waals surface area contributed by atoms with E-state index in [4.69, 9.17) is 5.73 Å². The molecule has 9 heteroatoms. The highest BCUT2D eigenvalue weighted by Gasteiger charge is 2.26. The van der Waals surface area contributed by atoms with Gasteiger partial charge in [-0.3, -0.25) is 14.3 Å². The molecule has 0 fully saturated rings. The molecule has 0 spiro atoms. The molecule has 7 nitrogen and oxygen atoms in total. The minimum atomic E-state index is -3.88. The van der Waals surface area contributed by atoms with Crippen LogP contribution in [0.5, 0.6) is 0 Å². The summed E-state index contributed by atoms with van der Waals surface area (Å²) in [7, 11) is -3.88. The van der Waals surface area contributed by atoms with Gasteiger partial charge in [-0.15, -0.1) is 11.3 Å². The van der Waals surface area contributed by atoms with Crippen molar-refractivity contribution in [3.8, 4) is 0 Å². The van der Waals surface area contributed by atoms with Gasteiger partial charge >= 0.3 is 0 Å². The number of amides is 2. The van der Waals surface area contributed by atoms with Crippen LogP contribution in [0.2, 0.25) is 0 Å². The second-order valence-corrected chi connectivity index (χ2v) is 10.5. The van der Waals surface area contributed by atoms with E-state index in [0.717, 1.165) is 41.7 Å². The summed E-state index contributed by atoms with van der Waals surface area (Å²) in [6.07, 6.45) is 3.61. The molecule has 0 saturated heterocycles. The van der Waals surface area contributed by atoms with E-state index in [9.17, 15) is 18.0 Å². The number of fused-ring (bicyclic) bond motifs is 1. The lowest BCUT2D eigenvalue weighted by atomic mass is 9.95. The number of thiophene rings is 1. The first-order valence-electron chi connectivity index (χ1n) is 10.2. The van der Waals surface area contributed by atoms with Crippen LogP contribution >= 0.6 is 11.3 Å². The third-order valence-electron chi connectivity index (χ3n) is 5.39. The molecule has 166 valence electrons. The zero-order valence-electron chi connectivity index (χ0n) is 17.5. The maximum atomic E-state index is 13.1. The Kier molecular flexibility index (Phi) is 6.03. The molecule has 1 aliphatic rings. The van der Waals surface area contributed by atoms with Gasteiger partial charge in [0.15, 0.2) is 0 Å². The van der Waals surface area contributed by atoms with Gasteiger partial charge in [0, 0.05) is 4.88 Å². The smallest absolute Gasteiger partial charge is 0.261 e. The number of hydrogen-bond acceptors (Lipinski definition) is 5. The van der Waals surface area contributed by atoms with Crippen molar-refractivity contribution in [2.75, 3.05) is 10.0 Å². The van der Waals surface area contributed by atoms with Gasteiger partial charge < -0.3 is 11.1 Å². The fraction of sp³-hybridized carbons (Fsp3) is 0.217. The average Bonchev–Trinajstić information content (AvgIpc) is 3.12. The van der Waals surface area contributed by atoms with E-state index in [1.54, 1.807) is 24.3 Å². The Balaban J connectivity index is 1.63. The number of carbonyl (C=O) groups excluding carboxylic acids is 2. The van der Waals surface area contributed by atoms with Crippen molar-refractivity contribution in [2.45, 2.75) is 37.5 Å². The van der Waals surface area contributed by atoms with Crippen molar-refractivity contribution in [1.82, 2.24) is 0 Å².